The second kappa shape index (κ2) is 7.41. The van der Waals surface area contributed by atoms with Crippen molar-refractivity contribution < 1.29 is 4.79 Å². The maximum absolute atomic E-state index is 12.5. The Morgan fingerprint density at radius 2 is 1.90 bits per heavy atom. The molecule has 1 saturated carbocycles. The SMILES string of the molecule is CCC1CCCCN1C(=O)CN(C)C1CCC(N)CC1. The molecule has 2 N–H and O–H groups in total. The second-order valence-corrected chi connectivity index (χ2v) is 6.63. The molecule has 116 valence electrons. The predicted octanol–water partition coefficient (Wildman–Crippen LogP) is 1.98. The fraction of sp³-hybridized carbons (Fsp3) is 0.938. The van der Waals surface area contributed by atoms with E-state index >= 15 is 0 Å². The smallest absolute Gasteiger partial charge is 0.236 e. The van der Waals surface area contributed by atoms with E-state index < -0.39 is 0 Å². The van der Waals surface area contributed by atoms with E-state index in [0.717, 1.165) is 38.6 Å². The Bertz CT molecular complexity index is 313. The molecule has 0 aromatic carbocycles. The lowest BCUT2D eigenvalue weighted by Gasteiger charge is -2.38. The molecule has 1 aliphatic carbocycles. The molecule has 2 rings (SSSR count). The quantitative estimate of drug-likeness (QED) is 0.857. The van der Waals surface area contributed by atoms with Crippen LogP contribution in [-0.2, 0) is 4.79 Å². The molecule has 0 aromatic rings. The van der Waals surface area contributed by atoms with E-state index in [1.54, 1.807) is 0 Å². The fourth-order valence-corrected chi connectivity index (χ4v) is 3.73. The van der Waals surface area contributed by atoms with Crippen LogP contribution >= 0.6 is 0 Å². The van der Waals surface area contributed by atoms with E-state index in [0.29, 0.717) is 30.6 Å². The second-order valence-electron chi connectivity index (χ2n) is 6.63. The maximum atomic E-state index is 12.5. The highest BCUT2D eigenvalue weighted by Gasteiger charge is 2.28. The number of likely N-dealkylation sites (N-methyl/N-ethyl adjacent to an activating group) is 1. The molecule has 2 aliphatic rings. The summed E-state index contributed by atoms with van der Waals surface area (Å²) in [6, 6.07) is 1.40. The average Bonchev–Trinajstić information content (AvgIpc) is 2.47. The van der Waals surface area contributed by atoms with Crippen molar-refractivity contribution in [3.63, 3.8) is 0 Å². The molecular weight excluding hydrogens is 250 g/mol. The van der Waals surface area contributed by atoms with Crippen LogP contribution in [0.1, 0.15) is 58.3 Å². The van der Waals surface area contributed by atoms with Gasteiger partial charge in [0.25, 0.3) is 0 Å². The minimum Gasteiger partial charge on any atom is -0.339 e. The molecule has 4 heteroatoms. The van der Waals surface area contributed by atoms with Crippen LogP contribution in [0.5, 0.6) is 0 Å². The van der Waals surface area contributed by atoms with Crippen molar-refractivity contribution in [2.24, 2.45) is 5.73 Å². The monoisotopic (exact) mass is 281 g/mol. The van der Waals surface area contributed by atoms with Crippen LogP contribution in [0, 0.1) is 0 Å². The lowest BCUT2D eigenvalue weighted by atomic mass is 9.91. The summed E-state index contributed by atoms with van der Waals surface area (Å²) in [7, 11) is 2.10. The summed E-state index contributed by atoms with van der Waals surface area (Å²) in [6.07, 6.45) is 9.21. The number of hydrogen-bond acceptors (Lipinski definition) is 3. The van der Waals surface area contributed by atoms with Crippen LogP contribution < -0.4 is 5.73 Å². The van der Waals surface area contributed by atoms with Gasteiger partial charge in [0, 0.05) is 24.7 Å². The van der Waals surface area contributed by atoms with Crippen molar-refractivity contribution in [2.75, 3.05) is 20.1 Å². The summed E-state index contributed by atoms with van der Waals surface area (Å²) in [4.78, 5) is 16.9. The number of nitrogens with zero attached hydrogens (tertiary/aromatic N) is 2. The van der Waals surface area contributed by atoms with Gasteiger partial charge in [0.05, 0.1) is 6.54 Å². The van der Waals surface area contributed by atoms with Crippen molar-refractivity contribution in [1.29, 1.82) is 0 Å². The van der Waals surface area contributed by atoms with Crippen molar-refractivity contribution in [1.82, 2.24) is 9.80 Å². The Morgan fingerprint density at radius 1 is 1.20 bits per heavy atom. The van der Waals surface area contributed by atoms with Gasteiger partial charge in [-0.2, -0.15) is 0 Å². The summed E-state index contributed by atoms with van der Waals surface area (Å²) < 4.78 is 0. The number of hydrogen-bond donors (Lipinski definition) is 1. The number of nitrogens with two attached hydrogens (primary N) is 1. The molecular formula is C16H31N3O. The van der Waals surface area contributed by atoms with Gasteiger partial charge in [-0.15, -0.1) is 0 Å². The molecule has 1 unspecified atom stereocenters. The summed E-state index contributed by atoms with van der Waals surface area (Å²) in [5, 5.41) is 0. The standard InChI is InChI=1S/C16H31N3O/c1-3-14-6-4-5-11-19(14)16(20)12-18(2)15-9-7-13(17)8-10-15/h13-15H,3-12,17H2,1-2H3. The van der Waals surface area contributed by atoms with E-state index in [9.17, 15) is 4.79 Å². The highest BCUT2D eigenvalue weighted by Crippen LogP contribution is 2.23. The van der Waals surface area contributed by atoms with Crippen molar-refractivity contribution >= 4 is 5.91 Å². The lowest BCUT2D eigenvalue weighted by molar-refractivity contribution is -0.136. The molecule has 0 bridgehead atoms. The number of amides is 1. The summed E-state index contributed by atoms with van der Waals surface area (Å²) in [5.41, 5.74) is 5.96. The Labute approximate surface area is 123 Å². The highest BCUT2D eigenvalue weighted by atomic mass is 16.2. The summed E-state index contributed by atoms with van der Waals surface area (Å²) >= 11 is 0. The molecule has 0 spiro atoms. The van der Waals surface area contributed by atoms with E-state index in [4.69, 9.17) is 5.73 Å². The van der Waals surface area contributed by atoms with Crippen molar-refractivity contribution in [2.45, 2.75) is 76.4 Å². The van der Waals surface area contributed by atoms with E-state index in [-0.39, 0.29) is 0 Å². The maximum Gasteiger partial charge on any atom is 0.236 e. The zero-order chi connectivity index (χ0) is 14.5. The van der Waals surface area contributed by atoms with Crippen LogP contribution in [0.3, 0.4) is 0 Å². The van der Waals surface area contributed by atoms with Gasteiger partial charge in [0.1, 0.15) is 0 Å². The number of carbonyl (C=O) groups excluding carboxylic acids is 1. The van der Waals surface area contributed by atoms with Crippen LogP contribution in [0.2, 0.25) is 0 Å². The molecule has 0 aromatic heterocycles. The number of likely N-dealkylation sites (tertiary alicyclic amines) is 1. The van der Waals surface area contributed by atoms with Gasteiger partial charge in [-0.05, 0) is 58.4 Å². The number of piperidine rings is 1. The van der Waals surface area contributed by atoms with Gasteiger partial charge in [-0.25, -0.2) is 0 Å². The van der Waals surface area contributed by atoms with Crippen LogP contribution in [0.25, 0.3) is 0 Å². The third-order valence-electron chi connectivity index (χ3n) is 5.17. The minimum atomic E-state index is 0.328. The van der Waals surface area contributed by atoms with Crippen molar-refractivity contribution in [3.05, 3.63) is 0 Å². The zero-order valence-electron chi connectivity index (χ0n) is 13.2. The molecule has 2 fully saturated rings. The Morgan fingerprint density at radius 3 is 2.55 bits per heavy atom. The Kier molecular flexibility index (Phi) is 5.85. The number of rotatable bonds is 4. The molecule has 1 atom stereocenters. The van der Waals surface area contributed by atoms with Crippen LogP contribution in [-0.4, -0.2) is 54.0 Å². The molecule has 4 nitrogen and oxygen atoms in total. The first-order valence-corrected chi connectivity index (χ1v) is 8.37. The lowest BCUT2D eigenvalue weighted by Crippen LogP contribution is -2.49. The van der Waals surface area contributed by atoms with Crippen LogP contribution in [0.15, 0.2) is 0 Å². The first-order chi connectivity index (χ1) is 9.61. The molecule has 1 amide bonds. The fourth-order valence-electron chi connectivity index (χ4n) is 3.73. The first-order valence-electron chi connectivity index (χ1n) is 8.37. The highest BCUT2D eigenvalue weighted by molar-refractivity contribution is 5.78. The van der Waals surface area contributed by atoms with E-state index in [1.807, 2.05) is 0 Å². The van der Waals surface area contributed by atoms with Crippen LogP contribution in [0.4, 0.5) is 0 Å². The zero-order valence-corrected chi connectivity index (χ0v) is 13.2. The third-order valence-corrected chi connectivity index (χ3v) is 5.17. The largest absolute Gasteiger partial charge is 0.339 e. The third kappa shape index (κ3) is 3.95. The van der Waals surface area contributed by atoms with Gasteiger partial charge < -0.3 is 10.6 Å². The molecule has 0 radical (unpaired) electrons. The number of carbonyl (C=O) groups is 1. The van der Waals surface area contributed by atoms with Gasteiger partial charge >= 0.3 is 0 Å². The molecule has 20 heavy (non-hydrogen) atoms. The van der Waals surface area contributed by atoms with Gasteiger partial charge in [0.15, 0.2) is 0 Å². The first kappa shape index (κ1) is 15.8. The molecule has 1 aliphatic heterocycles. The normalized spacial score (nSPS) is 31.6. The molecule has 1 heterocycles. The molecule has 1 saturated heterocycles. The Hall–Kier alpha value is -0.610. The predicted molar refractivity (Wildman–Crippen MR) is 82.5 cm³/mol. The van der Waals surface area contributed by atoms with E-state index in [1.165, 1.54) is 19.3 Å². The Balaban J connectivity index is 1.83. The van der Waals surface area contributed by atoms with Gasteiger partial charge in [-0.3, -0.25) is 9.69 Å². The average molecular weight is 281 g/mol. The summed E-state index contributed by atoms with van der Waals surface area (Å²) in [6.45, 7) is 3.74. The minimum absolute atomic E-state index is 0.328. The van der Waals surface area contributed by atoms with Gasteiger partial charge in [-0.1, -0.05) is 6.92 Å². The van der Waals surface area contributed by atoms with E-state index in [2.05, 4.69) is 23.8 Å². The topological polar surface area (TPSA) is 49.6 Å². The summed E-state index contributed by atoms with van der Waals surface area (Å²) in [5.74, 6) is 0.328. The van der Waals surface area contributed by atoms with Gasteiger partial charge in [0.2, 0.25) is 5.91 Å². The van der Waals surface area contributed by atoms with Crippen molar-refractivity contribution in [3.8, 4) is 0 Å².